The molecule has 0 aromatic rings. The van der Waals surface area contributed by atoms with Gasteiger partial charge in [-0.05, 0) is 33.2 Å². The molecule has 1 rings (SSSR count). The first-order valence-corrected chi connectivity index (χ1v) is 4.96. The van der Waals surface area contributed by atoms with Crippen molar-refractivity contribution in [1.82, 2.24) is 4.90 Å². The van der Waals surface area contributed by atoms with Crippen molar-refractivity contribution in [1.29, 1.82) is 0 Å². The van der Waals surface area contributed by atoms with Crippen molar-refractivity contribution < 1.29 is 9.53 Å². The number of carbonyl (C=O) groups excluding carboxylic acids is 1. The largest absolute Gasteiger partial charge is 0.465 e. The van der Waals surface area contributed by atoms with E-state index in [0.717, 1.165) is 6.42 Å². The fraction of sp³-hybridized carbons (Fsp3) is 0.900. The highest BCUT2D eigenvalue weighted by molar-refractivity contribution is 5.76. The molecule has 1 saturated heterocycles. The van der Waals surface area contributed by atoms with E-state index in [-0.39, 0.29) is 12.0 Å². The Balaban J connectivity index is 2.57. The lowest BCUT2D eigenvalue weighted by Gasteiger charge is -2.22. The average Bonchev–Trinajstić information content (AvgIpc) is 2.33. The van der Waals surface area contributed by atoms with Gasteiger partial charge in [-0.3, -0.25) is 9.69 Å². The Bertz CT molecular complexity index is 193. The first-order chi connectivity index (χ1) is 6.07. The van der Waals surface area contributed by atoms with Crippen LogP contribution in [0, 0.1) is 5.92 Å². The van der Waals surface area contributed by atoms with Crippen molar-refractivity contribution in [3.8, 4) is 0 Å². The summed E-state index contributed by atoms with van der Waals surface area (Å²) in [7, 11) is 2.00. The van der Waals surface area contributed by atoms with Gasteiger partial charge in [-0.1, -0.05) is 6.92 Å². The Morgan fingerprint density at radius 3 is 2.54 bits per heavy atom. The molecule has 1 fully saturated rings. The van der Waals surface area contributed by atoms with Gasteiger partial charge < -0.3 is 4.74 Å². The van der Waals surface area contributed by atoms with Gasteiger partial charge in [-0.25, -0.2) is 0 Å². The maximum atomic E-state index is 11.5. The molecule has 0 bridgehead atoms. The van der Waals surface area contributed by atoms with Crippen LogP contribution in [0.5, 0.6) is 0 Å². The summed E-state index contributed by atoms with van der Waals surface area (Å²) in [4.78, 5) is 13.6. The molecule has 13 heavy (non-hydrogen) atoms. The van der Waals surface area contributed by atoms with Gasteiger partial charge in [0.05, 0.1) is 6.61 Å². The molecule has 2 unspecified atom stereocenters. The van der Waals surface area contributed by atoms with Crippen molar-refractivity contribution in [2.75, 3.05) is 13.7 Å². The second-order valence-electron chi connectivity index (χ2n) is 3.89. The van der Waals surface area contributed by atoms with Crippen LogP contribution in [-0.4, -0.2) is 36.6 Å². The molecule has 0 aromatic carbocycles. The lowest BCUT2D eigenvalue weighted by Crippen LogP contribution is -2.37. The highest BCUT2D eigenvalue weighted by atomic mass is 16.5. The van der Waals surface area contributed by atoms with Crippen molar-refractivity contribution in [2.45, 2.75) is 39.3 Å². The zero-order valence-electron chi connectivity index (χ0n) is 8.91. The molecule has 0 saturated carbocycles. The van der Waals surface area contributed by atoms with Gasteiger partial charge in [-0.15, -0.1) is 0 Å². The van der Waals surface area contributed by atoms with E-state index in [1.807, 2.05) is 14.0 Å². The molecule has 1 aliphatic heterocycles. The second kappa shape index (κ2) is 4.09. The second-order valence-corrected chi connectivity index (χ2v) is 3.89. The minimum atomic E-state index is -0.0683. The van der Waals surface area contributed by atoms with Gasteiger partial charge in [0, 0.05) is 6.04 Å². The van der Waals surface area contributed by atoms with Crippen LogP contribution in [0.25, 0.3) is 0 Å². The van der Waals surface area contributed by atoms with Crippen LogP contribution >= 0.6 is 0 Å². The third-order valence-electron chi connectivity index (χ3n) is 3.11. The third-order valence-corrected chi connectivity index (χ3v) is 3.11. The predicted molar refractivity (Wildman–Crippen MR) is 51.4 cm³/mol. The highest BCUT2D eigenvalue weighted by Crippen LogP contribution is 2.28. The van der Waals surface area contributed by atoms with Crippen LogP contribution in [-0.2, 0) is 9.53 Å². The standard InChI is InChI=1S/C10H19NO2/c1-5-13-10(12)9-6-7(2)8(3)11(9)4/h7-9H,5-6H2,1-4H3/t7-,8?,9?/m0/s1. The number of rotatable bonds is 2. The van der Waals surface area contributed by atoms with Crippen molar-refractivity contribution in [3.05, 3.63) is 0 Å². The van der Waals surface area contributed by atoms with Crippen LogP contribution in [0.2, 0.25) is 0 Å². The number of ether oxygens (including phenoxy) is 1. The molecule has 0 N–H and O–H groups in total. The maximum absolute atomic E-state index is 11.5. The van der Waals surface area contributed by atoms with E-state index in [4.69, 9.17) is 4.74 Å². The molecule has 1 aliphatic rings. The van der Waals surface area contributed by atoms with E-state index < -0.39 is 0 Å². The molecule has 0 amide bonds. The lowest BCUT2D eigenvalue weighted by molar-refractivity contribution is -0.148. The van der Waals surface area contributed by atoms with Crippen LogP contribution in [0.3, 0.4) is 0 Å². The summed E-state index contributed by atoms with van der Waals surface area (Å²) in [6.45, 7) is 6.66. The molecule has 76 valence electrons. The van der Waals surface area contributed by atoms with E-state index >= 15 is 0 Å². The van der Waals surface area contributed by atoms with E-state index in [1.165, 1.54) is 0 Å². The Hall–Kier alpha value is -0.570. The maximum Gasteiger partial charge on any atom is 0.323 e. The Kier molecular flexibility index (Phi) is 3.31. The van der Waals surface area contributed by atoms with Crippen molar-refractivity contribution in [3.63, 3.8) is 0 Å². The monoisotopic (exact) mass is 185 g/mol. The molecule has 0 aromatic heterocycles. The minimum absolute atomic E-state index is 0.0232. The molecule has 0 radical (unpaired) electrons. The molecule has 3 heteroatoms. The summed E-state index contributed by atoms with van der Waals surface area (Å²) < 4.78 is 5.01. The topological polar surface area (TPSA) is 29.5 Å². The van der Waals surface area contributed by atoms with Gasteiger partial charge in [0.15, 0.2) is 0 Å². The smallest absolute Gasteiger partial charge is 0.323 e. The first kappa shape index (κ1) is 10.5. The number of esters is 1. The van der Waals surface area contributed by atoms with Gasteiger partial charge in [-0.2, -0.15) is 0 Å². The van der Waals surface area contributed by atoms with E-state index in [0.29, 0.717) is 18.6 Å². The van der Waals surface area contributed by atoms with Crippen LogP contribution < -0.4 is 0 Å². The summed E-state index contributed by atoms with van der Waals surface area (Å²) in [6.07, 6.45) is 0.927. The summed E-state index contributed by atoms with van der Waals surface area (Å²) in [5.74, 6) is 0.514. The highest BCUT2D eigenvalue weighted by Gasteiger charge is 2.38. The SMILES string of the molecule is CCOC(=O)C1C[C@H](C)C(C)N1C. The molecule has 3 nitrogen and oxygen atoms in total. The molecular formula is C10H19NO2. The number of likely N-dealkylation sites (N-methyl/N-ethyl adjacent to an activating group) is 1. The molecular weight excluding hydrogens is 166 g/mol. The zero-order valence-corrected chi connectivity index (χ0v) is 8.91. The predicted octanol–water partition coefficient (Wildman–Crippen LogP) is 1.28. The number of hydrogen-bond acceptors (Lipinski definition) is 3. The van der Waals surface area contributed by atoms with Crippen molar-refractivity contribution in [2.24, 2.45) is 5.92 Å². The molecule has 3 atom stereocenters. The quantitative estimate of drug-likeness (QED) is 0.607. The summed E-state index contributed by atoms with van der Waals surface area (Å²) in [5.41, 5.74) is 0. The van der Waals surface area contributed by atoms with E-state index in [1.54, 1.807) is 0 Å². The van der Waals surface area contributed by atoms with Crippen molar-refractivity contribution >= 4 is 5.97 Å². The van der Waals surface area contributed by atoms with E-state index in [2.05, 4.69) is 18.7 Å². The van der Waals surface area contributed by atoms with Crippen LogP contribution in [0.15, 0.2) is 0 Å². The molecule has 1 heterocycles. The average molecular weight is 185 g/mol. The van der Waals surface area contributed by atoms with Gasteiger partial charge in [0.1, 0.15) is 6.04 Å². The van der Waals surface area contributed by atoms with Gasteiger partial charge in [0.25, 0.3) is 0 Å². The fourth-order valence-corrected chi connectivity index (χ4v) is 1.90. The number of likely N-dealkylation sites (tertiary alicyclic amines) is 1. The minimum Gasteiger partial charge on any atom is -0.465 e. The van der Waals surface area contributed by atoms with E-state index in [9.17, 15) is 4.79 Å². The summed E-state index contributed by atoms with van der Waals surface area (Å²) >= 11 is 0. The first-order valence-electron chi connectivity index (χ1n) is 4.96. The van der Waals surface area contributed by atoms with Crippen LogP contribution in [0.4, 0.5) is 0 Å². The Morgan fingerprint density at radius 2 is 2.15 bits per heavy atom. The zero-order chi connectivity index (χ0) is 10.0. The summed E-state index contributed by atoms with van der Waals surface area (Å²) in [6, 6.07) is 0.458. The van der Waals surface area contributed by atoms with Gasteiger partial charge >= 0.3 is 5.97 Å². The Labute approximate surface area is 80.1 Å². The fourth-order valence-electron chi connectivity index (χ4n) is 1.90. The summed E-state index contributed by atoms with van der Waals surface area (Å²) in [5, 5.41) is 0. The number of hydrogen-bond donors (Lipinski definition) is 0. The third kappa shape index (κ3) is 2.02. The number of carbonyl (C=O) groups is 1. The number of nitrogens with zero attached hydrogens (tertiary/aromatic N) is 1. The molecule has 0 aliphatic carbocycles. The lowest BCUT2D eigenvalue weighted by atomic mass is 10.0. The van der Waals surface area contributed by atoms with Crippen LogP contribution in [0.1, 0.15) is 27.2 Å². The normalized spacial score (nSPS) is 34.9. The van der Waals surface area contributed by atoms with Gasteiger partial charge in [0.2, 0.25) is 0 Å². The Morgan fingerprint density at radius 1 is 1.54 bits per heavy atom. The molecule has 0 spiro atoms.